The molecule has 0 heterocycles. The number of rotatable bonds is 6. The molecule has 2 aromatic rings. The van der Waals surface area contributed by atoms with Gasteiger partial charge in [0.25, 0.3) is 0 Å². The van der Waals surface area contributed by atoms with Crippen LogP contribution in [0.3, 0.4) is 0 Å². The largest absolute Gasteiger partial charge is 0.358 e. The highest BCUT2D eigenvalue weighted by Crippen LogP contribution is 2.37. The van der Waals surface area contributed by atoms with Crippen molar-refractivity contribution in [3.63, 3.8) is 0 Å². The molecule has 0 aliphatic carbocycles. The number of halogens is 3. The van der Waals surface area contributed by atoms with Crippen molar-refractivity contribution in [2.45, 2.75) is 19.8 Å². The fraction of sp³-hybridized carbons (Fsp3) is 0.158. The molecule has 0 atom stereocenters. The zero-order chi connectivity index (χ0) is 17.0. The summed E-state index contributed by atoms with van der Waals surface area (Å²) in [6.45, 7) is 10.1. The predicted octanol–water partition coefficient (Wildman–Crippen LogP) is 7.24. The normalized spacial score (nSPS) is 10.4. The molecule has 1 nitrogen and oxygen atoms in total. The van der Waals surface area contributed by atoms with Gasteiger partial charge in [-0.3, -0.25) is 0 Å². The second-order valence-electron chi connectivity index (χ2n) is 5.28. The van der Waals surface area contributed by atoms with Crippen molar-refractivity contribution in [3.05, 3.63) is 81.4 Å². The molecule has 0 bridgehead atoms. The van der Waals surface area contributed by atoms with Crippen molar-refractivity contribution >= 4 is 46.1 Å². The van der Waals surface area contributed by atoms with E-state index in [2.05, 4.69) is 18.5 Å². The Balaban J connectivity index is 2.20. The van der Waals surface area contributed by atoms with Crippen LogP contribution >= 0.6 is 34.8 Å². The van der Waals surface area contributed by atoms with Crippen molar-refractivity contribution in [1.82, 2.24) is 0 Å². The van der Waals surface area contributed by atoms with Crippen LogP contribution in [0, 0.1) is 0 Å². The standard InChI is InChI=1S/C19H18Cl3N/c1-4-12(2)18-16(21)8-9-17(19(18)22)23-13(3)10-14-6-5-7-15(20)11-14/h5-9,11,23H,2-4,10H2,1H3. The smallest absolute Gasteiger partial charge is 0.0730 e. The Hall–Kier alpha value is -1.41. The van der Waals surface area contributed by atoms with Gasteiger partial charge in [0.05, 0.1) is 10.7 Å². The van der Waals surface area contributed by atoms with Gasteiger partial charge in [0.15, 0.2) is 0 Å². The molecule has 120 valence electrons. The lowest BCUT2D eigenvalue weighted by Gasteiger charge is -2.16. The van der Waals surface area contributed by atoms with E-state index < -0.39 is 0 Å². The minimum absolute atomic E-state index is 0.566. The molecule has 4 heteroatoms. The van der Waals surface area contributed by atoms with E-state index in [-0.39, 0.29) is 0 Å². The van der Waals surface area contributed by atoms with Crippen molar-refractivity contribution in [2.75, 3.05) is 5.32 Å². The van der Waals surface area contributed by atoms with E-state index in [1.54, 1.807) is 0 Å². The Morgan fingerprint density at radius 1 is 1.09 bits per heavy atom. The third kappa shape index (κ3) is 4.54. The van der Waals surface area contributed by atoms with Gasteiger partial charge >= 0.3 is 0 Å². The number of hydrogen-bond acceptors (Lipinski definition) is 1. The lowest BCUT2D eigenvalue weighted by molar-refractivity contribution is 1.16. The van der Waals surface area contributed by atoms with Gasteiger partial charge in [0, 0.05) is 27.7 Å². The Morgan fingerprint density at radius 3 is 2.48 bits per heavy atom. The van der Waals surface area contributed by atoms with Gasteiger partial charge in [-0.05, 0) is 41.8 Å². The molecular formula is C19H18Cl3N. The molecule has 0 aliphatic heterocycles. The SMILES string of the molecule is C=C(Cc1cccc(Cl)c1)Nc1ccc(Cl)c(C(=C)CC)c1Cl. The molecule has 1 N–H and O–H groups in total. The first-order valence-corrected chi connectivity index (χ1v) is 8.41. The number of benzene rings is 2. The first-order valence-electron chi connectivity index (χ1n) is 7.27. The van der Waals surface area contributed by atoms with Crippen LogP contribution < -0.4 is 5.32 Å². The molecule has 23 heavy (non-hydrogen) atoms. The first kappa shape index (κ1) is 17.9. The molecular weight excluding hydrogens is 349 g/mol. The van der Waals surface area contributed by atoms with Crippen LogP contribution in [-0.4, -0.2) is 0 Å². The molecule has 0 radical (unpaired) electrons. The quantitative estimate of drug-likeness (QED) is 0.568. The van der Waals surface area contributed by atoms with E-state index in [1.165, 1.54) is 0 Å². The number of allylic oxidation sites excluding steroid dienone is 2. The van der Waals surface area contributed by atoms with Gasteiger partial charge in [-0.15, -0.1) is 0 Å². The lowest BCUT2D eigenvalue weighted by atomic mass is 10.0. The minimum atomic E-state index is 0.566. The second kappa shape index (κ2) is 7.92. The summed E-state index contributed by atoms with van der Waals surface area (Å²) in [4.78, 5) is 0. The van der Waals surface area contributed by atoms with Crippen molar-refractivity contribution < 1.29 is 0 Å². The summed E-state index contributed by atoms with van der Waals surface area (Å²) in [5, 5.41) is 5.14. The molecule has 0 amide bonds. The maximum atomic E-state index is 6.49. The third-order valence-electron chi connectivity index (χ3n) is 3.49. The Morgan fingerprint density at radius 2 is 1.83 bits per heavy atom. The van der Waals surface area contributed by atoms with Gasteiger partial charge in [-0.25, -0.2) is 0 Å². The predicted molar refractivity (Wildman–Crippen MR) is 104 cm³/mol. The molecule has 0 saturated carbocycles. The highest BCUT2D eigenvalue weighted by atomic mass is 35.5. The molecule has 2 aromatic carbocycles. The summed E-state index contributed by atoms with van der Waals surface area (Å²) in [6, 6.07) is 11.4. The van der Waals surface area contributed by atoms with Crippen LogP contribution in [0.5, 0.6) is 0 Å². The van der Waals surface area contributed by atoms with Crippen LogP contribution in [0.1, 0.15) is 24.5 Å². The number of anilines is 1. The fourth-order valence-corrected chi connectivity index (χ4v) is 3.18. The maximum Gasteiger partial charge on any atom is 0.0730 e. The minimum Gasteiger partial charge on any atom is -0.358 e. The Labute approximate surface area is 152 Å². The first-order chi connectivity index (χ1) is 10.9. The molecule has 0 fully saturated rings. The van der Waals surface area contributed by atoms with Gasteiger partial charge < -0.3 is 5.32 Å². The van der Waals surface area contributed by atoms with Crippen LogP contribution in [-0.2, 0) is 6.42 Å². The maximum absolute atomic E-state index is 6.49. The van der Waals surface area contributed by atoms with Crippen molar-refractivity contribution in [3.8, 4) is 0 Å². The highest BCUT2D eigenvalue weighted by Gasteiger charge is 2.13. The summed E-state index contributed by atoms with van der Waals surface area (Å²) >= 11 is 18.7. The van der Waals surface area contributed by atoms with E-state index in [0.29, 0.717) is 21.5 Å². The summed E-state index contributed by atoms with van der Waals surface area (Å²) in [7, 11) is 0. The Bertz CT molecular complexity index is 750. The zero-order valence-electron chi connectivity index (χ0n) is 12.9. The van der Waals surface area contributed by atoms with E-state index >= 15 is 0 Å². The van der Waals surface area contributed by atoms with Gasteiger partial charge in [0.1, 0.15) is 0 Å². The molecule has 0 spiro atoms. The number of hydrogen-bond donors (Lipinski definition) is 1. The van der Waals surface area contributed by atoms with Crippen LogP contribution in [0.4, 0.5) is 5.69 Å². The summed E-state index contributed by atoms with van der Waals surface area (Å²) in [6.07, 6.45) is 1.44. The van der Waals surface area contributed by atoms with E-state index in [9.17, 15) is 0 Å². The van der Waals surface area contributed by atoms with Crippen LogP contribution in [0.2, 0.25) is 15.1 Å². The van der Waals surface area contributed by atoms with Crippen LogP contribution in [0.25, 0.3) is 5.57 Å². The topological polar surface area (TPSA) is 12.0 Å². The van der Waals surface area contributed by atoms with Crippen LogP contribution in [0.15, 0.2) is 55.3 Å². The van der Waals surface area contributed by atoms with Gasteiger partial charge in [0.2, 0.25) is 0 Å². The lowest BCUT2D eigenvalue weighted by Crippen LogP contribution is -2.03. The van der Waals surface area contributed by atoms with Crippen molar-refractivity contribution in [1.29, 1.82) is 0 Å². The van der Waals surface area contributed by atoms with Crippen molar-refractivity contribution in [2.24, 2.45) is 0 Å². The molecule has 0 saturated heterocycles. The monoisotopic (exact) mass is 365 g/mol. The summed E-state index contributed by atoms with van der Waals surface area (Å²) in [5.41, 5.74) is 4.37. The van der Waals surface area contributed by atoms with E-state index in [4.69, 9.17) is 34.8 Å². The molecule has 2 rings (SSSR count). The molecule has 0 aliphatic rings. The summed E-state index contributed by atoms with van der Waals surface area (Å²) in [5.74, 6) is 0. The average molecular weight is 367 g/mol. The van der Waals surface area contributed by atoms with E-state index in [0.717, 1.165) is 34.5 Å². The average Bonchev–Trinajstić information content (AvgIpc) is 2.50. The van der Waals surface area contributed by atoms with E-state index in [1.807, 2.05) is 43.3 Å². The molecule has 0 aromatic heterocycles. The third-order valence-corrected chi connectivity index (χ3v) is 4.43. The highest BCUT2D eigenvalue weighted by molar-refractivity contribution is 6.39. The second-order valence-corrected chi connectivity index (χ2v) is 6.50. The Kier molecular flexibility index (Phi) is 6.17. The van der Waals surface area contributed by atoms with Gasteiger partial charge in [-0.1, -0.05) is 67.0 Å². The van der Waals surface area contributed by atoms with Gasteiger partial charge in [-0.2, -0.15) is 0 Å². The number of nitrogens with one attached hydrogen (secondary N) is 1. The molecule has 0 unspecified atom stereocenters. The zero-order valence-corrected chi connectivity index (χ0v) is 15.2. The summed E-state index contributed by atoms with van der Waals surface area (Å²) < 4.78 is 0. The fourth-order valence-electron chi connectivity index (χ4n) is 2.28.